The Morgan fingerprint density at radius 1 is 0.760 bits per heavy atom. The Morgan fingerprint density at radius 3 is 1.72 bits per heavy atom. The maximum atomic E-state index is 11.2. The van der Waals surface area contributed by atoms with Gasteiger partial charge < -0.3 is 9.47 Å². The second-order valence-electron chi connectivity index (χ2n) is 7.02. The zero-order valence-corrected chi connectivity index (χ0v) is 16.8. The molecule has 0 aliphatic rings. The third-order valence-corrected chi connectivity index (χ3v) is 4.60. The molecule has 1 atom stereocenters. The van der Waals surface area contributed by atoms with E-state index in [9.17, 15) is 9.59 Å². The van der Waals surface area contributed by atoms with Gasteiger partial charge in [0.2, 0.25) is 0 Å². The number of unbranched alkanes of at least 4 members (excludes halogenated alkanes) is 10. The highest BCUT2D eigenvalue weighted by atomic mass is 16.5. The molecule has 4 nitrogen and oxygen atoms in total. The molecule has 1 unspecified atom stereocenters. The summed E-state index contributed by atoms with van der Waals surface area (Å²) < 4.78 is 10.1. The van der Waals surface area contributed by atoms with E-state index in [1.54, 1.807) is 0 Å². The Hall–Kier alpha value is -1.06. The quantitative estimate of drug-likeness (QED) is 0.238. The molecular formula is C21H40O4. The molecule has 0 N–H and O–H groups in total. The van der Waals surface area contributed by atoms with Crippen LogP contribution in [0, 0.1) is 0 Å². The third kappa shape index (κ3) is 17.6. The van der Waals surface area contributed by atoms with E-state index < -0.39 is 0 Å². The predicted molar refractivity (Wildman–Crippen MR) is 102 cm³/mol. The van der Waals surface area contributed by atoms with E-state index in [0.29, 0.717) is 6.42 Å². The van der Waals surface area contributed by atoms with Crippen molar-refractivity contribution in [1.82, 2.24) is 0 Å². The average molecular weight is 357 g/mol. The molecule has 0 aliphatic heterocycles. The first kappa shape index (κ1) is 23.9. The Kier molecular flexibility index (Phi) is 17.0. The summed E-state index contributed by atoms with van der Waals surface area (Å²) in [4.78, 5) is 22.2. The fraction of sp³-hybridized carbons (Fsp3) is 0.905. The summed E-state index contributed by atoms with van der Waals surface area (Å²) >= 11 is 0. The summed E-state index contributed by atoms with van der Waals surface area (Å²) in [6.07, 6.45) is 17.0. The lowest BCUT2D eigenvalue weighted by Gasteiger charge is -2.17. The van der Waals surface area contributed by atoms with Crippen LogP contribution in [0.25, 0.3) is 0 Å². The third-order valence-electron chi connectivity index (χ3n) is 4.60. The minimum atomic E-state index is -0.146. The zero-order chi connectivity index (χ0) is 18.8. The van der Waals surface area contributed by atoms with Gasteiger partial charge in [-0.3, -0.25) is 9.59 Å². The molecule has 0 fully saturated rings. The van der Waals surface area contributed by atoms with Crippen LogP contribution in [0.15, 0.2) is 0 Å². The molecule has 0 rings (SSSR count). The molecule has 0 aromatic carbocycles. The van der Waals surface area contributed by atoms with Crippen LogP contribution in [0.1, 0.15) is 110 Å². The minimum absolute atomic E-state index is 0.1000. The first-order valence-electron chi connectivity index (χ1n) is 10.3. The summed E-state index contributed by atoms with van der Waals surface area (Å²) in [7, 11) is 1.44. The molecule has 0 aromatic rings. The van der Waals surface area contributed by atoms with Gasteiger partial charge in [0.1, 0.15) is 6.10 Å². The van der Waals surface area contributed by atoms with Crippen LogP contribution in [-0.2, 0) is 19.1 Å². The van der Waals surface area contributed by atoms with E-state index in [1.807, 2.05) is 0 Å². The lowest BCUT2D eigenvalue weighted by Crippen LogP contribution is -2.16. The Labute approximate surface area is 155 Å². The summed E-state index contributed by atoms with van der Waals surface area (Å²) in [6, 6.07) is 0. The first-order chi connectivity index (χ1) is 12.1. The number of carbonyl (C=O) groups excluding carboxylic acids is 2. The van der Waals surface area contributed by atoms with Crippen molar-refractivity contribution in [2.45, 2.75) is 116 Å². The van der Waals surface area contributed by atoms with Crippen LogP contribution < -0.4 is 0 Å². The molecule has 4 heteroatoms. The van der Waals surface area contributed by atoms with Crippen molar-refractivity contribution in [2.24, 2.45) is 0 Å². The van der Waals surface area contributed by atoms with Crippen molar-refractivity contribution in [3.05, 3.63) is 0 Å². The molecule has 0 spiro atoms. The normalized spacial score (nSPS) is 12.0. The summed E-state index contributed by atoms with van der Waals surface area (Å²) in [5, 5.41) is 0. The number of rotatable bonds is 17. The van der Waals surface area contributed by atoms with E-state index in [2.05, 4.69) is 11.7 Å². The van der Waals surface area contributed by atoms with Crippen LogP contribution in [0.2, 0.25) is 0 Å². The molecule has 0 saturated carbocycles. The zero-order valence-electron chi connectivity index (χ0n) is 16.8. The molecule has 0 aliphatic carbocycles. The second kappa shape index (κ2) is 17.8. The smallest absolute Gasteiger partial charge is 0.305 e. The number of carbonyl (C=O) groups is 2. The topological polar surface area (TPSA) is 52.6 Å². The number of ether oxygens (including phenoxy) is 2. The SMILES string of the molecule is CCCCCCC(CCCCCCCCCCC(=O)OC)OC(C)=O. The van der Waals surface area contributed by atoms with Gasteiger partial charge in [0.05, 0.1) is 7.11 Å². The van der Waals surface area contributed by atoms with Gasteiger partial charge >= 0.3 is 11.9 Å². The molecule has 0 heterocycles. The largest absolute Gasteiger partial charge is 0.469 e. The van der Waals surface area contributed by atoms with E-state index in [4.69, 9.17) is 4.74 Å². The molecule has 0 radical (unpaired) electrons. The molecule has 0 aromatic heterocycles. The minimum Gasteiger partial charge on any atom is -0.469 e. The van der Waals surface area contributed by atoms with Gasteiger partial charge in [-0.15, -0.1) is 0 Å². The van der Waals surface area contributed by atoms with Crippen LogP contribution in [-0.4, -0.2) is 25.2 Å². The monoisotopic (exact) mass is 356 g/mol. The van der Waals surface area contributed by atoms with Gasteiger partial charge in [0.25, 0.3) is 0 Å². The van der Waals surface area contributed by atoms with Crippen molar-refractivity contribution in [3.8, 4) is 0 Å². The van der Waals surface area contributed by atoms with Crippen LogP contribution >= 0.6 is 0 Å². The highest BCUT2D eigenvalue weighted by Gasteiger charge is 2.11. The highest BCUT2D eigenvalue weighted by molar-refractivity contribution is 5.68. The highest BCUT2D eigenvalue weighted by Crippen LogP contribution is 2.16. The van der Waals surface area contributed by atoms with Crippen molar-refractivity contribution >= 4 is 11.9 Å². The molecule has 0 amide bonds. The van der Waals surface area contributed by atoms with E-state index >= 15 is 0 Å². The van der Waals surface area contributed by atoms with Gasteiger partial charge in [-0.2, -0.15) is 0 Å². The maximum Gasteiger partial charge on any atom is 0.305 e. The van der Waals surface area contributed by atoms with Gasteiger partial charge in [-0.25, -0.2) is 0 Å². The average Bonchev–Trinajstić information content (AvgIpc) is 2.59. The van der Waals surface area contributed by atoms with Crippen molar-refractivity contribution in [2.75, 3.05) is 7.11 Å². The Balaban J connectivity index is 3.53. The predicted octanol–water partition coefficient (Wildman–Crippen LogP) is 5.96. The van der Waals surface area contributed by atoms with Gasteiger partial charge in [-0.05, 0) is 32.1 Å². The van der Waals surface area contributed by atoms with Crippen molar-refractivity contribution < 1.29 is 19.1 Å². The molecule has 0 saturated heterocycles. The van der Waals surface area contributed by atoms with Crippen LogP contribution in [0.3, 0.4) is 0 Å². The Morgan fingerprint density at radius 2 is 1.24 bits per heavy atom. The number of hydrogen-bond acceptors (Lipinski definition) is 4. The molecule has 148 valence electrons. The fourth-order valence-corrected chi connectivity index (χ4v) is 3.10. The lowest BCUT2D eigenvalue weighted by atomic mass is 10.0. The maximum absolute atomic E-state index is 11.2. The van der Waals surface area contributed by atoms with Gasteiger partial charge in [0.15, 0.2) is 0 Å². The standard InChI is InChI=1S/C21H40O4/c1-4-5-6-13-16-20(25-19(2)22)17-14-11-9-7-8-10-12-15-18-21(23)24-3/h20H,4-18H2,1-3H3. The molecule has 25 heavy (non-hydrogen) atoms. The van der Waals surface area contributed by atoms with Crippen LogP contribution in [0.4, 0.5) is 0 Å². The van der Waals surface area contributed by atoms with Gasteiger partial charge in [-0.1, -0.05) is 64.7 Å². The lowest BCUT2D eigenvalue weighted by molar-refractivity contribution is -0.147. The number of hydrogen-bond donors (Lipinski definition) is 0. The second-order valence-corrected chi connectivity index (χ2v) is 7.02. The molecular weight excluding hydrogens is 316 g/mol. The first-order valence-corrected chi connectivity index (χ1v) is 10.3. The van der Waals surface area contributed by atoms with E-state index in [1.165, 1.54) is 65.4 Å². The number of esters is 2. The van der Waals surface area contributed by atoms with Crippen LogP contribution in [0.5, 0.6) is 0 Å². The van der Waals surface area contributed by atoms with E-state index in [0.717, 1.165) is 38.5 Å². The summed E-state index contributed by atoms with van der Waals surface area (Å²) in [5.74, 6) is -0.246. The van der Waals surface area contributed by atoms with Gasteiger partial charge in [0, 0.05) is 13.3 Å². The number of methoxy groups -OCH3 is 1. The Bertz CT molecular complexity index is 328. The summed E-state index contributed by atoms with van der Waals surface area (Å²) in [6.45, 7) is 3.72. The molecule has 0 bridgehead atoms. The van der Waals surface area contributed by atoms with E-state index in [-0.39, 0.29) is 18.0 Å². The van der Waals surface area contributed by atoms with Crippen molar-refractivity contribution in [1.29, 1.82) is 0 Å². The summed E-state index contributed by atoms with van der Waals surface area (Å²) in [5.41, 5.74) is 0. The van der Waals surface area contributed by atoms with Crippen molar-refractivity contribution in [3.63, 3.8) is 0 Å². The fourth-order valence-electron chi connectivity index (χ4n) is 3.10.